The van der Waals surface area contributed by atoms with E-state index in [1.54, 1.807) is 0 Å². The average Bonchev–Trinajstić information content (AvgIpc) is 1.95. The smallest absolute Gasteiger partial charge is 0.0540 e. The van der Waals surface area contributed by atoms with E-state index < -0.39 is 0 Å². The van der Waals surface area contributed by atoms with Crippen LogP contribution in [0.2, 0.25) is 0 Å². The SMILES string of the molecule is C[C@H](O)[C@@H](C)C/C=C/CC(C)(C)C. The number of allylic oxidation sites excluding steroid dienone is 2. The Morgan fingerprint density at radius 1 is 1.15 bits per heavy atom. The Hall–Kier alpha value is -0.300. The predicted octanol–water partition coefficient (Wildman–Crippen LogP) is 3.39. The van der Waals surface area contributed by atoms with Crippen molar-refractivity contribution in [3.05, 3.63) is 12.2 Å². The number of aliphatic hydroxyl groups is 1. The molecule has 0 aliphatic carbocycles. The maximum Gasteiger partial charge on any atom is 0.0540 e. The predicted molar refractivity (Wildman–Crippen MR) is 58.7 cm³/mol. The Balaban J connectivity index is 3.64. The van der Waals surface area contributed by atoms with Gasteiger partial charge in [-0.1, -0.05) is 39.8 Å². The van der Waals surface area contributed by atoms with Gasteiger partial charge < -0.3 is 5.11 Å². The molecule has 1 heteroatoms. The fourth-order valence-electron chi connectivity index (χ4n) is 0.945. The van der Waals surface area contributed by atoms with Crippen LogP contribution in [0.4, 0.5) is 0 Å². The zero-order valence-electron chi connectivity index (χ0n) is 9.67. The molecule has 0 fully saturated rings. The molecule has 0 radical (unpaired) electrons. The van der Waals surface area contributed by atoms with Gasteiger partial charge in [0.25, 0.3) is 0 Å². The summed E-state index contributed by atoms with van der Waals surface area (Å²) < 4.78 is 0. The van der Waals surface area contributed by atoms with Gasteiger partial charge in [-0.15, -0.1) is 0 Å². The number of rotatable bonds is 4. The van der Waals surface area contributed by atoms with Crippen LogP contribution in [0.3, 0.4) is 0 Å². The lowest BCUT2D eigenvalue weighted by Gasteiger charge is -2.15. The van der Waals surface area contributed by atoms with Gasteiger partial charge in [-0.2, -0.15) is 0 Å². The molecule has 0 aliphatic heterocycles. The molecule has 0 aliphatic rings. The fraction of sp³-hybridized carbons (Fsp3) is 0.833. The summed E-state index contributed by atoms with van der Waals surface area (Å²) in [7, 11) is 0. The Morgan fingerprint density at radius 3 is 2.08 bits per heavy atom. The minimum Gasteiger partial charge on any atom is -0.393 e. The first-order chi connectivity index (χ1) is 5.83. The third-order valence-corrected chi connectivity index (χ3v) is 2.23. The molecule has 1 N–H and O–H groups in total. The molecule has 0 heterocycles. The molecule has 13 heavy (non-hydrogen) atoms. The fourth-order valence-corrected chi connectivity index (χ4v) is 0.945. The second-order valence-corrected chi connectivity index (χ2v) is 5.19. The van der Waals surface area contributed by atoms with Crippen LogP contribution < -0.4 is 0 Å². The molecule has 0 aromatic carbocycles. The van der Waals surface area contributed by atoms with E-state index in [4.69, 9.17) is 0 Å². The van der Waals surface area contributed by atoms with Crippen LogP contribution >= 0.6 is 0 Å². The molecular weight excluding hydrogens is 160 g/mol. The van der Waals surface area contributed by atoms with E-state index in [2.05, 4.69) is 39.8 Å². The highest BCUT2D eigenvalue weighted by molar-refractivity contribution is 4.87. The summed E-state index contributed by atoms with van der Waals surface area (Å²) in [4.78, 5) is 0. The highest BCUT2D eigenvalue weighted by Gasteiger charge is 2.08. The van der Waals surface area contributed by atoms with E-state index in [1.165, 1.54) is 0 Å². The van der Waals surface area contributed by atoms with Crippen LogP contribution in [-0.2, 0) is 0 Å². The summed E-state index contributed by atoms with van der Waals surface area (Å²) in [6, 6.07) is 0. The molecule has 0 rings (SSSR count). The Morgan fingerprint density at radius 2 is 1.69 bits per heavy atom. The lowest BCUT2D eigenvalue weighted by atomic mass is 9.91. The van der Waals surface area contributed by atoms with Crippen molar-refractivity contribution in [3.8, 4) is 0 Å². The van der Waals surface area contributed by atoms with Gasteiger partial charge >= 0.3 is 0 Å². The first-order valence-electron chi connectivity index (χ1n) is 5.16. The van der Waals surface area contributed by atoms with Crippen LogP contribution in [-0.4, -0.2) is 11.2 Å². The molecule has 0 unspecified atom stereocenters. The lowest BCUT2D eigenvalue weighted by Crippen LogP contribution is -2.11. The van der Waals surface area contributed by atoms with Crippen molar-refractivity contribution < 1.29 is 5.11 Å². The second-order valence-electron chi connectivity index (χ2n) is 5.19. The topological polar surface area (TPSA) is 20.2 Å². The van der Waals surface area contributed by atoms with Crippen LogP contribution in [0.15, 0.2) is 12.2 Å². The summed E-state index contributed by atoms with van der Waals surface area (Å²) in [6.07, 6.45) is 6.30. The second kappa shape index (κ2) is 5.43. The molecule has 1 nitrogen and oxygen atoms in total. The summed E-state index contributed by atoms with van der Waals surface area (Å²) in [5, 5.41) is 9.25. The van der Waals surface area contributed by atoms with Crippen LogP contribution in [0.1, 0.15) is 47.5 Å². The molecule has 0 saturated heterocycles. The van der Waals surface area contributed by atoms with Crippen molar-refractivity contribution >= 4 is 0 Å². The van der Waals surface area contributed by atoms with Gasteiger partial charge in [-0.3, -0.25) is 0 Å². The van der Waals surface area contributed by atoms with E-state index in [0.717, 1.165) is 12.8 Å². The van der Waals surface area contributed by atoms with Gasteiger partial charge in [0.05, 0.1) is 6.10 Å². The van der Waals surface area contributed by atoms with Gasteiger partial charge in [-0.25, -0.2) is 0 Å². The Labute approximate surface area is 82.9 Å². The summed E-state index contributed by atoms with van der Waals surface area (Å²) in [5.74, 6) is 0.371. The van der Waals surface area contributed by atoms with E-state index in [-0.39, 0.29) is 6.10 Å². The van der Waals surface area contributed by atoms with Crippen molar-refractivity contribution in [3.63, 3.8) is 0 Å². The lowest BCUT2D eigenvalue weighted by molar-refractivity contribution is 0.136. The molecule has 78 valence electrons. The van der Waals surface area contributed by atoms with Gasteiger partial charge in [0.15, 0.2) is 0 Å². The monoisotopic (exact) mass is 184 g/mol. The van der Waals surface area contributed by atoms with Crippen molar-refractivity contribution in [2.75, 3.05) is 0 Å². The normalized spacial score (nSPS) is 17.7. The molecule has 0 aromatic heterocycles. The largest absolute Gasteiger partial charge is 0.393 e. The first kappa shape index (κ1) is 12.7. The average molecular weight is 184 g/mol. The molecular formula is C12H24O. The molecule has 0 spiro atoms. The van der Waals surface area contributed by atoms with Gasteiger partial charge in [-0.05, 0) is 31.1 Å². The van der Waals surface area contributed by atoms with Crippen LogP contribution in [0, 0.1) is 11.3 Å². The Kier molecular flexibility index (Phi) is 5.31. The third kappa shape index (κ3) is 8.04. The standard InChI is InChI=1S/C12H24O/c1-10(11(2)13)8-6-7-9-12(3,4)5/h6-7,10-11,13H,8-9H2,1-5H3/b7-6+/t10-,11-/m0/s1. The van der Waals surface area contributed by atoms with E-state index in [9.17, 15) is 5.11 Å². The van der Waals surface area contributed by atoms with Crippen molar-refractivity contribution in [1.29, 1.82) is 0 Å². The first-order valence-corrected chi connectivity index (χ1v) is 5.16. The number of hydrogen-bond donors (Lipinski definition) is 1. The summed E-state index contributed by atoms with van der Waals surface area (Å²) in [6.45, 7) is 10.6. The zero-order valence-corrected chi connectivity index (χ0v) is 9.67. The maximum atomic E-state index is 9.25. The minimum absolute atomic E-state index is 0.195. The summed E-state index contributed by atoms with van der Waals surface area (Å²) in [5.41, 5.74) is 0.380. The molecule has 0 aromatic rings. The van der Waals surface area contributed by atoms with E-state index >= 15 is 0 Å². The highest BCUT2D eigenvalue weighted by atomic mass is 16.3. The van der Waals surface area contributed by atoms with Gasteiger partial charge in [0.1, 0.15) is 0 Å². The maximum absolute atomic E-state index is 9.25. The summed E-state index contributed by atoms with van der Waals surface area (Å²) >= 11 is 0. The molecule has 0 amide bonds. The van der Waals surface area contributed by atoms with Gasteiger partial charge in [0.2, 0.25) is 0 Å². The number of aliphatic hydroxyl groups excluding tert-OH is 1. The van der Waals surface area contributed by atoms with Crippen LogP contribution in [0.5, 0.6) is 0 Å². The van der Waals surface area contributed by atoms with E-state index in [1.807, 2.05) is 6.92 Å². The van der Waals surface area contributed by atoms with Crippen LogP contribution in [0.25, 0.3) is 0 Å². The third-order valence-electron chi connectivity index (χ3n) is 2.23. The molecule has 2 atom stereocenters. The Bertz CT molecular complexity index is 151. The van der Waals surface area contributed by atoms with Crippen molar-refractivity contribution in [2.45, 2.75) is 53.6 Å². The van der Waals surface area contributed by atoms with Gasteiger partial charge in [0, 0.05) is 0 Å². The minimum atomic E-state index is -0.195. The highest BCUT2D eigenvalue weighted by Crippen LogP contribution is 2.19. The van der Waals surface area contributed by atoms with Crippen molar-refractivity contribution in [2.24, 2.45) is 11.3 Å². The molecule has 0 saturated carbocycles. The molecule has 0 bridgehead atoms. The number of hydrogen-bond acceptors (Lipinski definition) is 1. The zero-order chi connectivity index (χ0) is 10.5. The van der Waals surface area contributed by atoms with Crippen molar-refractivity contribution in [1.82, 2.24) is 0 Å². The quantitative estimate of drug-likeness (QED) is 0.664. The van der Waals surface area contributed by atoms with E-state index in [0.29, 0.717) is 11.3 Å².